The van der Waals surface area contributed by atoms with E-state index in [0.717, 1.165) is 15.2 Å². The summed E-state index contributed by atoms with van der Waals surface area (Å²) in [5.74, 6) is 5.31. The highest BCUT2D eigenvalue weighted by Gasteiger charge is 2.31. The third kappa shape index (κ3) is 3.73. The topological polar surface area (TPSA) is 95.3 Å². The Kier molecular flexibility index (Phi) is 5.02. The second kappa shape index (κ2) is 6.71. The number of hydrogen-bond donors (Lipinski definition) is 1. The van der Waals surface area contributed by atoms with Crippen molar-refractivity contribution in [3.8, 4) is 0 Å². The van der Waals surface area contributed by atoms with Gasteiger partial charge >= 0.3 is 11.9 Å². The maximum absolute atomic E-state index is 12.7. The van der Waals surface area contributed by atoms with E-state index in [4.69, 9.17) is 17.4 Å². The molecule has 0 atom stereocenters. The molecule has 0 spiro atoms. The summed E-state index contributed by atoms with van der Waals surface area (Å²) < 4.78 is 40.0. The van der Waals surface area contributed by atoms with Gasteiger partial charge in [0.2, 0.25) is 0 Å². The molecule has 0 aliphatic rings. The number of hydrazone groups is 1. The first-order valence-corrected chi connectivity index (χ1v) is 7.19. The van der Waals surface area contributed by atoms with Crippen LogP contribution in [0.3, 0.4) is 0 Å². The molecule has 134 valence electrons. The maximum atomic E-state index is 12.7. The summed E-state index contributed by atoms with van der Waals surface area (Å²) in [7, 11) is 2.72. The molecule has 2 aromatic rings. The van der Waals surface area contributed by atoms with Gasteiger partial charge in [0.15, 0.2) is 0 Å². The van der Waals surface area contributed by atoms with Crippen molar-refractivity contribution < 1.29 is 13.2 Å². The highest BCUT2D eigenvalue weighted by Crippen LogP contribution is 2.31. The molecular weight excluding hydrogens is 363 g/mol. The molecule has 0 aliphatic heterocycles. The molecule has 2 aromatic heterocycles. The van der Waals surface area contributed by atoms with Gasteiger partial charge in [-0.1, -0.05) is 11.6 Å². The van der Waals surface area contributed by atoms with Crippen molar-refractivity contribution in [3.05, 3.63) is 61.1 Å². The lowest BCUT2D eigenvalue weighted by molar-refractivity contribution is -0.137. The number of nitrogens with zero attached hydrogens (tertiary/aromatic N) is 4. The van der Waals surface area contributed by atoms with Gasteiger partial charge in [0, 0.05) is 32.9 Å². The molecule has 0 radical (unpaired) electrons. The fourth-order valence-electron chi connectivity index (χ4n) is 2.13. The van der Waals surface area contributed by atoms with Crippen LogP contribution in [0.15, 0.2) is 33.2 Å². The Hall–Kier alpha value is -2.62. The van der Waals surface area contributed by atoms with Crippen LogP contribution >= 0.6 is 11.6 Å². The summed E-state index contributed by atoms with van der Waals surface area (Å²) in [6, 6.07) is 0.733. The van der Waals surface area contributed by atoms with E-state index in [2.05, 4.69) is 10.1 Å². The van der Waals surface area contributed by atoms with Crippen LogP contribution in [0.1, 0.15) is 16.8 Å². The minimum absolute atomic E-state index is 0.0184. The first kappa shape index (κ1) is 18.7. The van der Waals surface area contributed by atoms with Crippen LogP contribution in [0.4, 0.5) is 13.2 Å². The van der Waals surface area contributed by atoms with Crippen molar-refractivity contribution in [2.45, 2.75) is 12.6 Å². The van der Waals surface area contributed by atoms with Gasteiger partial charge < -0.3 is 10.4 Å². The standard InChI is InChI=1S/C14H13ClF3N5O2/c1-22-6-8(12(24)23(2)13(22)25)10(21-19)4-11-9(15)3-7(5-20-11)14(16,17)18/h3,5-6H,4,19H2,1-2H3. The molecule has 11 heteroatoms. The summed E-state index contributed by atoms with van der Waals surface area (Å²) in [6.07, 6.45) is -2.88. The van der Waals surface area contributed by atoms with Crippen molar-refractivity contribution in [2.24, 2.45) is 25.0 Å². The van der Waals surface area contributed by atoms with E-state index in [-0.39, 0.29) is 28.4 Å². The summed E-state index contributed by atoms with van der Waals surface area (Å²) in [4.78, 5) is 27.6. The van der Waals surface area contributed by atoms with E-state index in [9.17, 15) is 22.8 Å². The molecule has 0 bridgehead atoms. The van der Waals surface area contributed by atoms with E-state index >= 15 is 0 Å². The molecule has 0 fully saturated rings. The minimum Gasteiger partial charge on any atom is -0.323 e. The van der Waals surface area contributed by atoms with Crippen molar-refractivity contribution in [1.29, 1.82) is 0 Å². The first-order valence-electron chi connectivity index (χ1n) is 6.81. The molecular formula is C14H13ClF3N5O2. The molecule has 0 amide bonds. The van der Waals surface area contributed by atoms with Gasteiger partial charge in [-0.2, -0.15) is 18.3 Å². The van der Waals surface area contributed by atoms with E-state index in [0.29, 0.717) is 6.20 Å². The summed E-state index contributed by atoms with van der Waals surface area (Å²) in [6.45, 7) is 0. The Morgan fingerprint density at radius 1 is 1.36 bits per heavy atom. The largest absolute Gasteiger partial charge is 0.417 e. The Balaban J connectivity index is 2.46. The number of aromatic nitrogens is 3. The zero-order chi connectivity index (χ0) is 18.9. The SMILES string of the molecule is Cn1cc(C(Cc2ncc(C(F)(F)F)cc2Cl)=NN)c(=O)n(C)c1=O. The highest BCUT2D eigenvalue weighted by atomic mass is 35.5. The highest BCUT2D eigenvalue weighted by molar-refractivity contribution is 6.31. The number of nitrogens with two attached hydrogens (primary N) is 1. The number of alkyl halides is 3. The molecule has 2 N–H and O–H groups in total. The fraction of sp³-hybridized carbons (Fsp3) is 0.286. The monoisotopic (exact) mass is 375 g/mol. The van der Waals surface area contributed by atoms with Crippen molar-refractivity contribution in [3.63, 3.8) is 0 Å². The van der Waals surface area contributed by atoms with Gasteiger partial charge in [0.1, 0.15) is 0 Å². The van der Waals surface area contributed by atoms with Crippen LogP contribution < -0.4 is 17.1 Å². The van der Waals surface area contributed by atoms with Gasteiger partial charge in [-0.05, 0) is 6.07 Å². The zero-order valence-electron chi connectivity index (χ0n) is 13.1. The van der Waals surface area contributed by atoms with Crippen LogP contribution in [-0.4, -0.2) is 19.8 Å². The quantitative estimate of drug-likeness (QED) is 0.493. The van der Waals surface area contributed by atoms with Crippen molar-refractivity contribution >= 4 is 17.3 Å². The molecule has 0 saturated heterocycles. The molecule has 7 nitrogen and oxygen atoms in total. The zero-order valence-corrected chi connectivity index (χ0v) is 13.9. The summed E-state index contributed by atoms with van der Waals surface area (Å²) in [5, 5.41) is 3.27. The summed E-state index contributed by atoms with van der Waals surface area (Å²) >= 11 is 5.85. The lowest BCUT2D eigenvalue weighted by Crippen LogP contribution is -2.40. The first-order chi connectivity index (χ1) is 11.6. The van der Waals surface area contributed by atoms with Gasteiger partial charge in [-0.3, -0.25) is 14.3 Å². The van der Waals surface area contributed by atoms with Crippen molar-refractivity contribution in [1.82, 2.24) is 14.1 Å². The van der Waals surface area contributed by atoms with Gasteiger partial charge in [-0.25, -0.2) is 4.79 Å². The Bertz CT molecular complexity index is 962. The van der Waals surface area contributed by atoms with Gasteiger partial charge in [0.25, 0.3) is 5.56 Å². The molecule has 2 heterocycles. The fourth-order valence-corrected chi connectivity index (χ4v) is 2.36. The second-order valence-corrected chi connectivity index (χ2v) is 5.61. The third-order valence-electron chi connectivity index (χ3n) is 3.49. The third-order valence-corrected chi connectivity index (χ3v) is 3.82. The van der Waals surface area contributed by atoms with Crippen LogP contribution in [0.25, 0.3) is 0 Å². The number of pyridine rings is 1. The van der Waals surface area contributed by atoms with Gasteiger partial charge in [-0.15, -0.1) is 0 Å². The molecule has 0 unspecified atom stereocenters. The number of rotatable bonds is 3. The number of halogens is 4. The molecule has 0 aromatic carbocycles. The Morgan fingerprint density at radius 3 is 2.52 bits per heavy atom. The minimum atomic E-state index is -4.58. The number of aryl methyl sites for hydroxylation is 1. The Labute approximate surface area is 144 Å². The van der Waals surface area contributed by atoms with E-state index < -0.39 is 23.0 Å². The average Bonchev–Trinajstić information content (AvgIpc) is 2.54. The summed E-state index contributed by atoms with van der Waals surface area (Å²) in [5.41, 5.74) is -2.07. The predicted octanol–water partition coefficient (Wildman–Crippen LogP) is 1.06. The molecule has 0 saturated carbocycles. The second-order valence-electron chi connectivity index (χ2n) is 5.20. The molecule has 25 heavy (non-hydrogen) atoms. The van der Waals surface area contributed by atoms with Crippen LogP contribution in [0, 0.1) is 0 Å². The van der Waals surface area contributed by atoms with Crippen LogP contribution in [0.2, 0.25) is 5.02 Å². The predicted molar refractivity (Wildman–Crippen MR) is 85.6 cm³/mol. The Morgan fingerprint density at radius 2 is 2.00 bits per heavy atom. The van der Waals surface area contributed by atoms with Crippen molar-refractivity contribution in [2.75, 3.05) is 0 Å². The average molecular weight is 376 g/mol. The van der Waals surface area contributed by atoms with E-state index in [1.54, 1.807) is 0 Å². The smallest absolute Gasteiger partial charge is 0.323 e. The lowest BCUT2D eigenvalue weighted by atomic mass is 10.1. The normalized spacial score (nSPS) is 12.5. The van der Waals surface area contributed by atoms with E-state index in [1.807, 2.05) is 0 Å². The molecule has 2 rings (SSSR count). The number of hydrogen-bond acceptors (Lipinski definition) is 5. The maximum Gasteiger partial charge on any atom is 0.417 e. The van der Waals surface area contributed by atoms with Gasteiger partial charge in [0.05, 0.1) is 27.6 Å². The molecule has 0 aliphatic carbocycles. The van der Waals surface area contributed by atoms with E-state index in [1.165, 1.54) is 20.3 Å². The lowest BCUT2D eigenvalue weighted by Gasteiger charge is -2.11. The van der Waals surface area contributed by atoms with Crippen LogP contribution in [0.5, 0.6) is 0 Å². The van der Waals surface area contributed by atoms with Crippen LogP contribution in [-0.2, 0) is 26.7 Å².